The fraction of sp³-hybridized carbons (Fsp3) is 0.167. The Kier molecular flexibility index (Phi) is 5.11. The van der Waals surface area contributed by atoms with Crippen molar-refractivity contribution in [3.05, 3.63) is 40.1 Å². The lowest BCUT2D eigenvalue weighted by Gasteiger charge is -2.13. The number of hydrogen-bond acceptors (Lipinski definition) is 6. The first kappa shape index (κ1) is 15.7. The molecular weight excluding hydrogens is 337 g/mol. The van der Waals surface area contributed by atoms with Crippen LogP contribution < -0.4 is 5.32 Å². The van der Waals surface area contributed by atoms with E-state index < -0.39 is 18.0 Å². The molecule has 1 aromatic carbocycles. The lowest BCUT2D eigenvalue weighted by atomic mass is 10.3. The second-order valence-electron chi connectivity index (χ2n) is 3.95. The van der Waals surface area contributed by atoms with Gasteiger partial charge in [-0.3, -0.25) is 4.79 Å². The summed E-state index contributed by atoms with van der Waals surface area (Å²) in [7, 11) is 0. The zero-order valence-corrected chi connectivity index (χ0v) is 13.0. The van der Waals surface area contributed by atoms with Gasteiger partial charge in [-0.1, -0.05) is 23.2 Å². The van der Waals surface area contributed by atoms with Crippen LogP contribution in [-0.4, -0.2) is 26.7 Å². The molecule has 2 rings (SSSR count). The van der Waals surface area contributed by atoms with Gasteiger partial charge in [-0.15, -0.1) is 0 Å². The Morgan fingerprint density at radius 1 is 1.38 bits per heavy atom. The van der Waals surface area contributed by atoms with Crippen molar-refractivity contribution >= 4 is 52.5 Å². The highest BCUT2D eigenvalue weighted by Crippen LogP contribution is 2.25. The van der Waals surface area contributed by atoms with Crippen LogP contribution in [0.15, 0.2) is 24.4 Å². The maximum absolute atomic E-state index is 12.0. The first-order chi connectivity index (χ1) is 9.97. The molecule has 1 N–H and O–H groups in total. The first-order valence-corrected chi connectivity index (χ1v) is 7.20. The number of benzene rings is 1. The fourth-order valence-electron chi connectivity index (χ4n) is 1.36. The van der Waals surface area contributed by atoms with E-state index in [2.05, 4.69) is 14.1 Å². The number of rotatable bonds is 4. The molecule has 2 aromatic rings. The molecule has 6 nitrogen and oxygen atoms in total. The van der Waals surface area contributed by atoms with E-state index in [-0.39, 0.29) is 5.69 Å². The summed E-state index contributed by atoms with van der Waals surface area (Å²) in [5.41, 5.74) is 0.396. The molecule has 1 aromatic heterocycles. The molecule has 0 aliphatic heterocycles. The van der Waals surface area contributed by atoms with E-state index in [1.807, 2.05) is 0 Å². The minimum Gasteiger partial charge on any atom is -0.448 e. The smallest absolute Gasteiger partial charge is 0.360 e. The Labute approximate surface area is 134 Å². The third-order valence-corrected chi connectivity index (χ3v) is 3.45. The summed E-state index contributed by atoms with van der Waals surface area (Å²) >= 11 is 12.6. The summed E-state index contributed by atoms with van der Waals surface area (Å²) in [6.45, 7) is 1.44. The van der Waals surface area contributed by atoms with Crippen molar-refractivity contribution in [2.24, 2.45) is 0 Å². The van der Waals surface area contributed by atoms with Gasteiger partial charge in [0.25, 0.3) is 5.91 Å². The normalized spacial score (nSPS) is 11.8. The lowest BCUT2D eigenvalue weighted by molar-refractivity contribution is -0.123. The number of nitrogens with one attached hydrogen (secondary N) is 1. The van der Waals surface area contributed by atoms with E-state index in [0.717, 1.165) is 11.7 Å². The molecule has 0 fully saturated rings. The van der Waals surface area contributed by atoms with Crippen LogP contribution in [0.2, 0.25) is 10.0 Å². The molecule has 0 aliphatic carbocycles. The van der Waals surface area contributed by atoms with Gasteiger partial charge in [-0.05, 0) is 25.1 Å². The Bertz CT molecular complexity index is 664. The van der Waals surface area contributed by atoms with Gasteiger partial charge >= 0.3 is 5.97 Å². The van der Waals surface area contributed by atoms with Crippen molar-refractivity contribution < 1.29 is 14.3 Å². The third kappa shape index (κ3) is 4.13. The summed E-state index contributed by atoms with van der Waals surface area (Å²) in [6, 6.07) is 4.65. The summed E-state index contributed by atoms with van der Waals surface area (Å²) < 4.78 is 12.4. The molecule has 0 unspecified atom stereocenters. The van der Waals surface area contributed by atoms with Crippen molar-refractivity contribution in [1.82, 2.24) is 8.75 Å². The van der Waals surface area contributed by atoms with Gasteiger partial charge in [0, 0.05) is 5.02 Å². The number of esters is 1. The topological polar surface area (TPSA) is 81.2 Å². The molecule has 0 saturated heterocycles. The number of hydrogen-bond donors (Lipinski definition) is 1. The Morgan fingerprint density at radius 2 is 2.14 bits per heavy atom. The van der Waals surface area contributed by atoms with E-state index in [1.54, 1.807) is 12.1 Å². The molecular formula is C12H9Cl2N3O3S. The standard InChI is InChI=1S/C12H9Cl2N3O3S/c1-6(20-12(19)10-5-15-21-17-10)11(18)16-9-4-7(13)2-3-8(9)14/h2-6H,1H3,(H,16,18)/t6-/m1/s1. The molecule has 0 bridgehead atoms. The Hall–Kier alpha value is -1.70. The maximum Gasteiger partial charge on any atom is 0.360 e. The number of carbonyl (C=O) groups is 2. The highest BCUT2D eigenvalue weighted by molar-refractivity contribution is 6.99. The fourth-order valence-corrected chi connectivity index (χ4v) is 2.10. The molecule has 0 saturated carbocycles. The van der Waals surface area contributed by atoms with Crippen LogP contribution in [0.25, 0.3) is 0 Å². The molecule has 21 heavy (non-hydrogen) atoms. The molecule has 0 radical (unpaired) electrons. The Balaban J connectivity index is 1.99. The minimum absolute atomic E-state index is 0.0560. The molecule has 110 valence electrons. The van der Waals surface area contributed by atoms with Crippen LogP contribution in [-0.2, 0) is 9.53 Å². The summed E-state index contributed by atoms with van der Waals surface area (Å²) in [5, 5.41) is 3.29. The lowest BCUT2D eigenvalue weighted by Crippen LogP contribution is -2.30. The first-order valence-electron chi connectivity index (χ1n) is 5.72. The van der Waals surface area contributed by atoms with Crippen molar-refractivity contribution in [2.45, 2.75) is 13.0 Å². The van der Waals surface area contributed by atoms with Gasteiger partial charge in [0.2, 0.25) is 0 Å². The predicted molar refractivity (Wildman–Crippen MR) is 79.9 cm³/mol. The highest BCUT2D eigenvalue weighted by atomic mass is 35.5. The van der Waals surface area contributed by atoms with Crippen LogP contribution in [0, 0.1) is 0 Å². The summed E-state index contributed by atoms with van der Waals surface area (Å²) in [6.07, 6.45) is 0.250. The molecule has 1 heterocycles. The average Bonchev–Trinajstić information content (AvgIpc) is 2.97. The predicted octanol–water partition coefficient (Wildman–Crippen LogP) is 3.03. The number of anilines is 1. The number of carbonyl (C=O) groups excluding carboxylic acids is 2. The summed E-state index contributed by atoms with van der Waals surface area (Å²) in [4.78, 5) is 23.6. The van der Waals surface area contributed by atoms with Gasteiger partial charge in [0.05, 0.1) is 28.6 Å². The largest absolute Gasteiger partial charge is 0.448 e. The molecule has 1 amide bonds. The number of amides is 1. The second-order valence-corrected chi connectivity index (χ2v) is 5.35. The maximum atomic E-state index is 12.0. The van der Waals surface area contributed by atoms with Gasteiger partial charge in [-0.2, -0.15) is 8.75 Å². The van der Waals surface area contributed by atoms with Gasteiger partial charge < -0.3 is 10.1 Å². The SMILES string of the molecule is C[C@@H](OC(=O)c1cnsn1)C(=O)Nc1cc(Cl)ccc1Cl. The van der Waals surface area contributed by atoms with E-state index in [9.17, 15) is 9.59 Å². The molecule has 9 heteroatoms. The van der Waals surface area contributed by atoms with Crippen LogP contribution in [0.5, 0.6) is 0 Å². The number of aromatic nitrogens is 2. The second kappa shape index (κ2) is 6.84. The van der Waals surface area contributed by atoms with Crippen LogP contribution in [0.3, 0.4) is 0 Å². The van der Waals surface area contributed by atoms with Crippen molar-refractivity contribution in [1.29, 1.82) is 0 Å². The van der Waals surface area contributed by atoms with Crippen molar-refractivity contribution in [2.75, 3.05) is 5.32 Å². The van der Waals surface area contributed by atoms with Gasteiger partial charge in [0.1, 0.15) is 0 Å². The number of ether oxygens (including phenoxy) is 1. The zero-order chi connectivity index (χ0) is 15.4. The quantitative estimate of drug-likeness (QED) is 0.861. The summed E-state index contributed by atoms with van der Waals surface area (Å²) in [5.74, 6) is -1.25. The monoisotopic (exact) mass is 345 g/mol. The van der Waals surface area contributed by atoms with Gasteiger partial charge in [0.15, 0.2) is 11.8 Å². The van der Waals surface area contributed by atoms with Crippen LogP contribution in [0.1, 0.15) is 17.4 Å². The zero-order valence-electron chi connectivity index (χ0n) is 10.7. The van der Waals surface area contributed by atoms with Crippen LogP contribution >= 0.6 is 34.9 Å². The molecule has 1 atom stereocenters. The number of halogens is 2. The molecule has 0 aliphatic rings. The van der Waals surface area contributed by atoms with E-state index >= 15 is 0 Å². The van der Waals surface area contributed by atoms with Gasteiger partial charge in [-0.25, -0.2) is 4.79 Å². The van der Waals surface area contributed by atoms with E-state index in [0.29, 0.717) is 15.7 Å². The van der Waals surface area contributed by atoms with Crippen LogP contribution in [0.4, 0.5) is 5.69 Å². The highest BCUT2D eigenvalue weighted by Gasteiger charge is 2.21. The third-order valence-electron chi connectivity index (χ3n) is 2.41. The number of nitrogens with zero attached hydrogens (tertiary/aromatic N) is 2. The molecule has 0 spiro atoms. The average molecular weight is 346 g/mol. The van der Waals surface area contributed by atoms with Crippen molar-refractivity contribution in [3.63, 3.8) is 0 Å². The Morgan fingerprint density at radius 3 is 2.81 bits per heavy atom. The van der Waals surface area contributed by atoms with Crippen molar-refractivity contribution in [3.8, 4) is 0 Å². The minimum atomic E-state index is -1.02. The van der Waals surface area contributed by atoms with E-state index in [1.165, 1.54) is 19.2 Å². The van der Waals surface area contributed by atoms with E-state index in [4.69, 9.17) is 27.9 Å².